The second-order valence-electron chi connectivity index (χ2n) is 3.79. The van der Waals surface area contributed by atoms with Gasteiger partial charge in [0.15, 0.2) is 0 Å². The molecular formula is C11H14FN. The number of halogens is 1. The van der Waals surface area contributed by atoms with Gasteiger partial charge in [0, 0.05) is 6.04 Å². The van der Waals surface area contributed by atoms with Gasteiger partial charge in [0.1, 0.15) is 5.82 Å². The minimum atomic E-state index is -0.131. The first kappa shape index (κ1) is 8.70. The zero-order valence-corrected chi connectivity index (χ0v) is 7.97. The van der Waals surface area contributed by atoms with Gasteiger partial charge in [-0.1, -0.05) is 13.0 Å². The fraction of sp³-hybridized carbons (Fsp3) is 0.455. The van der Waals surface area contributed by atoms with Crippen molar-refractivity contribution in [1.82, 2.24) is 5.32 Å². The minimum Gasteiger partial charge on any atom is -0.313 e. The van der Waals surface area contributed by atoms with Gasteiger partial charge in [0.25, 0.3) is 0 Å². The first-order chi connectivity index (χ1) is 6.22. The van der Waals surface area contributed by atoms with E-state index in [4.69, 9.17) is 0 Å². The van der Waals surface area contributed by atoms with E-state index < -0.39 is 0 Å². The summed E-state index contributed by atoms with van der Waals surface area (Å²) in [5.41, 5.74) is 2.42. The van der Waals surface area contributed by atoms with Crippen LogP contribution in [0.25, 0.3) is 0 Å². The molecule has 2 rings (SSSR count). The smallest absolute Gasteiger partial charge is 0.123 e. The van der Waals surface area contributed by atoms with Gasteiger partial charge >= 0.3 is 0 Å². The van der Waals surface area contributed by atoms with Crippen molar-refractivity contribution in [2.45, 2.75) is 19.4 Å². The number of benzene rings is 1. The Morgan fingerprint density at radius 1 is 1.46 bits per heavy atom. The van der Waals surface area contributed by atoms with Gasteiger partial charge in [0.05, 0.1) is 0 Å². The third-order valence-corrected chi connectivity index (χ3v) is 2.86. The third-order valence-electron chi connectivity index (χ3n) is 2.86. The predicted octanol–water partition coefficient (Wildman–Crippen LogP) is 2.28. The van der Waals surface area contributed by atoms with Gasteiger partial charge in [-0.3, -0.25) is 0 Å². The largest absolute Gasteiger partial charge is 0.313 e. The molecule has 0 heterocycles. The number of rotatable bonds is 1. The third kappa shape index (κ3) is 1.35. The molecule has 0 fully saturated rings. The first-order valence-electron chi connectivity index (χ1n) is 4.68. The van der Waals surface area contributed by atoms with Gasteiger partial charge in [-0.15, -0.1) is 0 Å². The summed E-state index contributed by atoms with van der Waals surface area (Å²) in [6.07, 6.45) is 1.06. The van der Waals surface area contributed by atoms with Crippen LogP contribution in [0, 0.1) is 11.7 Å². The van der Waals surface area contributed by atoms with E-state index >= 15 is 0 Å². The van der Waals surface area contributed by atoms with Crippen molar-refractivity contribution < 1.29 is 4.39 Å². The van der Waals surface area contributed by atoms with Crippen molar-refractivity contribution in [2.24, 2.45) is 5.92 Å². The maximum atomic E-state index is 13.0. The summed E-state index contributed by atoms with van der Waals surface area (Å²) in [7, 11) is 1.93. The Bertz CT molecular complexity index is 322. The summed E-state index contributed by atoms with van der Waals surface area (Å²) >= 11 is 0. The van der Waals surface area contributed by atoms with E-state index in [9.17, 15) is 4.39 Å². The summed E-state index contributed by atoms with van der Waals surface area (Å²) in [4.78, 5) is 0. The summed E-state index contributed by atoms with van der Waals surface area (Å²) < 4.78 is 13.0. The Kier molecular flexibility index (Phi) is 2.08. The second-order valence-corrected chi connectivity index (χ2v) is 3.79. The lowest BCUT2D eigenvalue weighted by Gasteiger charge is -2.15. The molecule has 1 aliphatic rings. The van der Waals surface area contributed by atoms with Gasteiger partial charge in [-0.25, -0.2) is 4.39 Å². The van der Waals surface area contributed by atoms with Gasteiger partial charge < -0.3 is 5.32 Å². The summed E-state index contributed by atoms with van der Waals surface area (Å²) in [6.45, 7) is 2.19. The van der Waals surface area contributed by atoms with Crippen LogP contribution in [0.2, 0.25) is 0 Å². The van der Waals surface area contributed by atoms with E-state index in [1.54, 1.807) is 12.1 Å². The van der Waals surface area contributed by atoms with E-state index in [1.807, 2.05) is 13.1 Å². The normalized spacial score (nSPS) is 26.1. The molecular weight excluding hydrogens is 165 g/mol. The topological polar surface area (TPSA) is 12.0 Å². The van der Waals surface area contributed by atoms with Gasteiger partial charge in [-0.2, -0.15) is 0 Å². The average Bonchev–Trinajstić information content (AvgIpc) is 2.40. The molecule has 2 atom stereocenters. The molecule has 0 saturated heterocycles. The van der Waals surface area contributed by atoms with Crippen LogP contribution in [0.5, 0.6) is 0 Å². The fourth-order valence-corrected chi connectivity index (χ4v) is 2.25. The summed E-state index contributed by atoms with van der Waals surface area (Å²) in [5.74, 6) is 0.440. The van der Waals surface area contributed by atoms with E-state index in [-0.39, 0.29) is 5.82 Å². The highest BCUT2D eigenvalue weighted by molar-refractivity contribution is 5.35. The van der Waals surface area contributed by atoms with E-state index in [1.165, 1.54) is 5.56 Å². The highest BCUT2D eigenvalue weighted by atomic mass is 19.1. The molecule has 0 aromatic heterocycles. The Hall–Kier alpha value is -0.890. The minimum absolute atomic E-state index is 0.131. The van der Waals surface area contributed by atoms with Crippen LogP contribution >= 0.6 is 0 Å². The van der Waals surface area contributed by atoms with Crippen molar-refractivity contribution in [3.63, 3.8) is 0 Å². The second kappa shape index (κ2) is 3.11. The van der Waals surface area contributed by atoms with Crippen LogP contribution in [0.4, 0.5) is 4.39 Å². The predicted molar refractivity (Wildman–Crippen MR) is 51.1 cm³/mol. The molecule has 1 aromatic rings. The summed E-state index contributed by atoms with van der Waals surface area (Å²) in [5, 5.41) is 3.23. The molecule has 13 heavy (non-hydrogen) atoms. The average molecular weight is 179 g/mol. The van der Waals surface area contributed by atoms with Crippen LogP contribution in [-0.4, -0.2) is 7.05 Å². The lowest BCUT2D eigenvalue weighted by molar-refractivity contribution is 0.446. The Labute approximate surface area is 78.0 Å². The highest BCUT2D eigenvalue weighted by Gasteiger charge is 2.27. The number of hydrogen-bond acceptors (Lipinski definition) is 1. The maximum absolute atomic E-state index is 13.0. The first-order valence-corrected chi connectivity index (χ1v) is 4.68. The van der Waals surface area contributed by atoms with Crippen molar-refractivity contribution in [3.05, 3.63) is 35.1 Å². The number of nitrogens with one attached hydrogen (secondary N) is 1. The molecule has 1 aromatic carbocycles. The molecule has 70 valence electrons. The zero-order chi connectivity index (χ0) is 9.42. The molecule has 1 N–H and O–H groups in total. The number of fused-ring (bicyclic) bond motifs is 1. The number of hydrogen-bond donors (Lipinski definition) is 1. The molecule has 0 saturated carbocycles. The zero-order valence-electron chi connectivity index (χ0n) is 7.97. The van der Waals surface area contributed by atoms with Crippen molar-refractivity contribution in [3.8, 4) is 0 Å². The SMILES string of the molecule is CNC1c2cc(F)ccc2CC1C. The van der Waals surface area contributed by atoms with E-state index in [0.29, 0.717) is 12.0 Å². The molecule has 2 heteroatoms. The van der Waals surface area contributed by atoms with Gasteiger partial charge in [0.2, 0.25) is 0 Å². The van der Waals surface area contributed by atoms with Crippen LogP contribution in [0.3, 0.4) is 0 Å². The molecule has 0 bridgehead atoms. The van der Waals surface area contributed by atoms with E-state index in [2.05, 4.69) is 12.2 Å². The van der Waals surface area contributed by atoms with E-state index in [0.717, 1.165) is 12.0 Å². The van der Waals surface area contributed by atoms with Crippen molar-refractivity contribution >= 4 is 0 Å². The standard InChI is InChI=1S/C11H14FN/c1-7-5-8-3-4-9(12)6-10(8)11(7)13-2/h3-4,6-7,11,13H,5H2,1-2H3. The van der Waals surface area contributed by atoms with Crippen molar-refractivity contribution in [1.29, 1.82) is 0 Å². The Morgan fingerprint density at radius 3 is 2.92 bits per heavy atom. The molecule has 2 unspecified atom stereocenters. The maximum Gasteiger partial charge on any atom is 0.123 e. The summed E-state index contributed by atoms with van der Waals surface area (Å²) in [6, 6.07) is 5.42. The van der Waals surface area contributed by atoms with Crippen LogP contribution in [-0.2, 0) is 6.42 Å². The molecule has 0 amide bonds. The lowest BCUT2D eigenvalue weighted by atomic mass is 10.0. The molecule has 1 aliphatic carbocycles. The Balaban J connectivity index is 2.44. The van der Waals surface area contributed by atoms with Crippen LogP contribution in [0.15, 0.2) is 18.2 Å². The quantitative estimate of drug-likeness (QED) is 0.697. The molecule has 0 spiro atoms. The lowest BCUT2D eigenvalue weighted by Crippen LogP contribution is -2.19. The molecule has 0 radical (unpaired) electrons. The Morgan fingerprint density at radius 2 is 2.23 bits per heavy atom. The molecule has 1 nitrogen and oxygen atoms in total. The van der Waals surface area contributed by atoms with Crippen LogP contribution < -0.4 is 5.32 Å². The molecule has 0 aliphatic heterocycles. The highest BCUT2D eigenvalue weighted by Crippen LogP contribution is 2.35. The monoisotopic (exact) mass is 179 g/mol. The van der Waals surface area contributed by atoms with Crippen molar-refractivity contribution in [2.75, 3.05) is 7.05 Å². The van der Waals surface area contributed by atoms with Gasteiger partial charge in [-0.05, 0) is 42.6 Å². The van der Waals surface area contributed by atoms with Crippen LogP contribution in [0.1, 0.15) is 24.1 Å². The fourth-order valence-electron chi connectivity index (χ4n) is 2.25.